The van der Waals surface area contributed by atoms with Crippen molar-refractivity contribution in [3.63, 3.8) is 0 Å². The molecule has 2 nitrogen and oxygen atoms in total. The van der Waals surface area contributed by atoms with Crippen LogP contribution < -0.4 is 11.1 Å². The first-order valence-corrected chi connectivity index (χ1v) is 5.78. The summed E-state index contributed by atoms with van der Waals surface area (Å²) in [6, 6.07) is 9.26. The number of hydrogen-bond donors (Lipinski definition) is 2. The number of benzene rings is 1. The summed E-state index contributed by atoms with van der Waals surface area (Å²) in [5, 5.41) is 3.29. The third kappa shape index (κ3) is 3.65. The lowest BCUT2D eigenvalue weighted by molar-refractivity contribution is 0.556. The molecule has 1 unspecified atom stereocenters. The molecule has 0 bridgehead atoms. The van der Waals surface area contributed by atoms with E-state index < -0.39 is 0 Å². The summed E-state index contributed by atoms with van der Waals surface area (Å²) in [6.45, 7) is 2.93. The van der Waals surface area contributed by atoms with E-state index >= 15 is 0 Å². The smallest absolute Gasteiger partial charge is 0.0329 e. The zero-order chi connectivity index (χ0) is 11.1. The number of nitrogens with two attached hydrogens (primary N) is 1. The minimum atomic E-state index is 0.394. The van der Waals surface area contributed by atoms with Crippen LogP contribution in [0.3, 0.4) is 0 Å². The van der Waals surface area contributed by atoms with E-state index in [9.17, 15) is 0 Å². The normalized spacial score (nSPS) is 12.7. The molecule has 0 amide bonds. The van der Waals surface area contributed by atoms with Crippen LogP contribution in [-0.4, -0.2) is 13.6 Å². The molecule has 1 aromatic carbocycles. The van der Waals surface area contributed by atoms with Crippen LogP contribution in [0.5, 0.6) is 0 Å². The van der Waals surface area contributed by atoms with Gasteiger partial charge in [-0.1, -0.05) is 37.6 Å². The molecule has 0 saturated carbocycles. The van der Waals surface area contributed by atoms with Crippen molar-refractivity contribution in [2.45, 2.75) is 32.2 Å². The first-order valence-electron chi connectivity index (χ1n) is 5.78. The van der Waals surface area contributed by atoms with Gasteiger partial charge in [0.15, 0.2) is 0 Å². The van der Waals surface area contributed by atoms with Gasteiger partial charge in [-0.25, -0.2) is 0 Å². The lowest BCUT2D eigenvalue weighted by Gasteiger charge is -2.15. The minimum absolute atomic E-state index is 0.394. The Morgan fingerprint density at radius 3 is 2.40 bits per heavy atom. The van der Waals surface area contributed by atoms with Crippen LogP contribution in [0.4, 0.5) is 0 Å². The first-order chi connectivity index (χ1) is 7.31. The molecule has 1 atom stereocenters. The topological polar surface area (TPSA) is 38.0 Å². The second kappa shape index (κ2) is 6.59. The molecule has 0 saturated heterocycles. The van der Waals surface area contributed by atoms with Crippen LogP contribution in [0.25, 0.3) is 0 Å². The first kappa shape index (κ1) is 12.2. The lowest BCUT2D eigenvalue weighted by Crippen LogP contribution is -2.19. The van der Waals surface area contributed by atoms with Crippen molar-refractivity contribution in [1.82, 2.24) is 5.32 Å². The van der Waals surface area contributed by atoms with Crippen LogP contribution in [-0.2, 0) is 6.42 Å². The van der Waals surface area contributed by atoms with Crippen LogP contribution in [0.15, 0.2) is 24.3 Å². The highest BCUT2D eigenvalue weighted by Gasteiger charge is 2.06. The Labute approximate surface area is 92.9 Å². The van der Waals surface area contributed by atoms with E-state index in [4.69, 9.17) is 5.73 Å². The molecule has 0 aromatic heterocycles. The molecular formula is C13H22N2. The second-order valence-electron chi connectivity index (χ2n) is 3.91. The van der Waals surface area contributed by atoms with Crippen LogP contribution in [0, 0.1) is 0 Å². The van der Waals surface area contributed by atoms with Crippen molar-refractivity contribution in [3.8, 4) is 0 Å². The van der Waals surface area contributed by atoms with E-state index in [-0.39, 0.29) is 0 Å². The quantitative estimate of drug-likeness (QED) is 0.749. The summed E-state index contributed by atoms with van der Waals surface area (Å²) < 4.78 is 0. The zero-order valence-electron chi connectivity index (χ0n) is 9.79. The van der Waals surface area contributed by atoms with Gasteiger partial charge in [0.25, 0.3) is 0 Å². The molecular weight excluding hydrogens is 184 g/mol. The van der Waals surface area contributed by atoms with Gasteiger partial charge in [-0.05, 0) is 37.6 Å². The SMILES string of the molecule is CCCc1ccc(C(CCN)NC)cc1. The summed E-state index contributed by atoms with van der Waals surface area (Å²) in [5.41, 5.74) is 8.34. The van der Waals surface area contributed by atoms with E-state index in [1.807, 2.05) is 7.05 Å². The highest BCUT2D eigenvalue weighted by atomic mass is 14.9. The van der Waals surface area contributed by atoms with E-state index in [0.29, 0.717) is 6.04 Å². The van der Waals surface area contributed by atoms with E-state index in [1.165, 1.54) is 24.0 Å². The lowest BCUT2D eigenvalue weighted by atomic mass is 10.0. The highest BCUT2D eigenvalue weighted by molar-refractivity contribution is 5.25. The number of aryl methyl sites for hydroxylation is 1. The number of hydrogen-bond acceptors (Lipinski definition) is 2. The number of rotatable bonds is 6. The molecule has 0 spiro atoms. The summed E-state index contributed by atoms with van der Waals surface area (Å²) in [4.78, 5) is 0. The predicted octanol–water partition coefficient (Wildman–Crippen LogP) is 2.25. The molecule has 0 heterocycles. The minimum Gasteiger partial charge on any atom is -0.330 e. The monoisotopic (exact) mass is 206 g/mol. The molecule has 3 N–H and O–H groups in total. The Balaban J connectivity index is 2.68. The average Bonchev–Trinajstić information content (AvgIpc) is 2.28. The molecule has 0 aliphatic rings. The summed E-state index contributed by atoms with van der Waals surface area (Å²) in [6.07, 6.45) is 3.36. The van der Waals surface area contributed by atoms with Crippen molar-refractivity contribution in [2.75, 3.05) is 13.6 Å². The van der Waals surface area contributed by atoms with Crippen molar-refractivity contribution >= 4 is 0 Å². The molecule has 0 aliphatic heterocycles. The Morgan fingerprint density at radius 2 is 1.93 bits per heavy atom. The fraction of sp³-hybridized carbons (Fsp3) is 0.538. The second-order valence-corrected chi connectivity index (χ2v) is 3.91. The molecule has 84 valence electrons. The van der Waals surface area contributed by atoms with E-state index in [0.717, 1.165) is 13.0 Å². The van der Waals surface area contributed by atoms with Gasteiger partial charge in [0, 0.05) is 6.04 Å². The van der Waals surface area contributed by atoms with Crippen molar-refractivity contribution in [3.05, 3.63) is 35.4 Å². The third-order valence-corrected chi connectivity index (χ3v) is 2.72. The molecule has 2 heteroatoms. The third-order valence-electron chi connectivity index (χ3n) is 2.72. The van der Waals surface area contributed by atoms with E-state index in [2.05, 4.69) is 36.5 Å². The Kier molecular flexibility index (Phi) is 5.37. The summed E-state index contributed by atoms with van der Waals surface area (Å²) >= 11 is 0. The Hall–Kier alpha value is -0.860. The maximum atomic E-state index is 5.58. The average molecular weight is 206 g/mol. The van der Waals surface area contributed by atoms with Gasteiger partial charge in [0.2, 0.25) is 0 Å². The fourth-order valence-electron chi connectivity index (χ4n) is 1.85. The van der Waals surface area contributed by atoms with Crippen molar-refractivity contribution in [2.24, 2.45) is 5.73 Å². The molecule has 15 heavy (non-hydrogen) atoms. The molecule has 1 rings (SSSR count). The maximum absolute atomic E-state index is 5.58. The van der Waals surface area contributed by atoms with E-state index in [1.54, 1.807) is 0 Å². The molecule has 0 fully saturated rings. The van der Waals surface area contributed by atoms with Gasteiger partial charge < -0.3 is 11.1 Å². The highest BCUT2D eigenvalue weighted by Crippen LogP contribution is 2.16. The van der Waals surface area contributed by atoms with Gasteiger partial charge in [0.05, 0.1) is 0 Å². The van der Waals surface area contributed by atoms with Gasteiger partial charge in [0.1, 0.15) is 0 Å². The summed E-state index contributed by atoms with van der Waals surface area (Å²) in [7, 11) is 1.99. The van der Waals surface area contributed by atoms with Crippen molar-refractivity contribution in [1.29, 1.82) is 0 Å². The fourth-order valence-corrected chi connectivity index (χ4v) is 1.85. The molecule has 0 radical (unpaired) electrons. The van der Waals surface area contributed by atoms with Gasteiger partial charge in [-0.2, -0.15) is 0 Å². The van der Waals surface area contributed by atoms with Crippen molar-refractivity contribution < 1.29 is 0 Å². The van der Waals surface area contributed by atoms with Crippen LogP contribution in [0.2, 0.25) is 0 Å². The maximum Gasteiger partial charge on any atom is 0.0329 e. The largest absolute Gasteiger partial charge is 0.330 e. The van der Waals surface area contributed by atoms with Crippen LogP contribution >= 0.6 is 0 Å². The van der Waals surface area contributed by atoms with Crippen LogP contribution in [0.1, 0.15) is 36.9 Å². The summed E-state index contributed by atoms with van der Waals surface area (Å²) in [5.74, 6) is 0. The van der Waals surface area contributed by atoms with Gasteiger partial charge in [-0.15, -0.1) is 0 Å². The number of nitrogens with one attached hydrogen (secondary N) is 1. The van der Waals surface area contributed by atoms with Gasteiger partial charge >= 0.3 is 0 Å². The standard InChI is InChI=1S/C13H22N2/c1-3-4-11-5-7-12(8-6-11)13(15-2)9-10-14/h5-8,13,15H,3-4,9-10,14H2,1-2H3. The van der Waals surface area contributed by atoms with Gasteiger partial charge in [-0.3, -0.25) is 0 Å². The predicted molar refractivity (Wildman–Crippen MR) is 65.9 cm³/mol. The zero-order valence-corrected chi connectivity index (χ0v) is 9.79. The Bertz CT molecular complexity index is 266. The molecule has 0 aliphatic carbocycles. The molecule has 1 aromatic rings. The Morgan fingerprint density at radius 1 is 1.27 bits per heavy atom.